The molecule has 9 nitrogen and oxygen atoms in total. The van der Waals surface area contributed by atoms with E-state index in [4.69, 9.17) is 4.74 Å². The van der Waals surface area contributed by atoms with Gasteiger partial charge in [0.2, 0.25) is 0 Å². The maximum Gasteiger partial charge on any atom is 0.268 e. The number of H-pyrrole nitrogens is 1. The molecule has 1 aliphatic heterocycles. The Bertz CT molecular complexity index is 1440. The van der Waals surface area contributed by atoms with Crippen molar-refractivity contribution in [3.63, 3.8) is 0 Å². The number of hydrogen-bond donors (Lipinski definition) is 2. The second kappa shape index (κ2) is 8.36. The van der Waals surface area contributed by atoms with Gasteiger partial charge in [-0.3, -0.25) is 9.89 Å². The summed E-state index contributed by atoms with van der Waals surface area (Å²) >= 11 is 0. The minimum absolute atomic E-state index is 0.261. The summed E-state index contributed by atoms with van der Waals surface area (Å²) in [5, 5.41) is 15.0. The number of rotatable bonds is 5. The molecule has 0 fully saturated rings. The van der Waals surface area contributed by atoms with Gasteiger partial charge in [0.15, 0.2) is 11.9 Å². The molecule has 0 bridgehead atoms. The average molecular weight is 451 g/mol. The lowest BCUT2D eigenvalue weighted by molar-refractivity contribution is -0.122. The summed E-state index contributed by atoms with van der Waals surface area (Å²) in [4.78, 5) is 19.6. The highest BCUT2D eigenvalue weighted by molar-refractivity contribution is 6.00. The number of hydrogen-bond acceptors (Lipinski definition) is 6. The van der Waals surface area contributed by atoms with Crippen LogP contribution in [0.25, 0.3) is 16.6 Å². The van der Waals surface area contributed by atoms with Crippen LogP contribution in [0, 0.1) is 0 Å². The van der Waals surface area contributed by atoms with Crippen molar-refractivity contribution in [2.45, 2.75) is 12.6 Å². The number of carbonyl (C=O) groups excluding carboxylic acids is 1. The Morgan fingerprint density at radius 1 is 1.09 bits per heavy atom. The first-order chi connectivity index (χ1) is 16.7. The molecule has 2 aromatic carbocycles. The standard InChI is InChI=1S/C25H21N7O2/c33-25(29-24-23-18(10-12-26-24)14-27-30-23)22-16-31(20-4-1-2-5-21(20)34-22)15-17-6-8-19(9-7-17)32-13-3-11-28-32/h1-14,22H,15-16H2,(H,27,30)(H,26,29,33). The Balaban J connectivity index is 1.23. The van der Waals surface area contributed by atoms with Crippen LogP contribution >= 0.6 is 0 Å². The Hall–Kier alpha value is -4.66. The summed E-state index contributed by atoms with van der Waals surface area (Å²) in [6.45, 7) is 1.04. The molecule has 0 radical (unpaired) electrons. The molecular weight excluding hydrogens is 430 g/mol. The number of fused-ring (bicyclic) bond motifs is 2. The van der Waals surface area contributed by atoms with Crippen LogP contribution in [0.3, 0.4) is 0 Å². The first-order valence-corrected chi connectivity index (χ1v) is 10.9. The summed E-state index contributed by atoms with van der Waals surface area (Å²) in [7, 11) is 0. The Morgan fingerprint density at radius 2 is 1.97 bits per heavy atom. The summed E-state index contributed by atoms with van der Waals surface area (Å²) in [6.07, 6.45) is 6.31. The number of benzene rings is 2. The minimum Gasteiger partial charge on any atom is -0.477 e. The van der Waals surface area contributed by atoms with E-state index in [2.05, 4.69) is 42.6 Å². The number of para-hydroxylation sites is 2. The number of carbonyl (C=O) groups is 1. The topological polar surface area (TPSA) is 101 Å². The molecule has 0 aliphatic carbocycles. The zero-order valence-electron chi connectivity index (χ0n) is 18.1. The lowest BCUT2D eigenvalue weighted by atomic mass is 10.1. The molecule has 2 N–H and O–H groups in total. The van der Waals surface area contributed by atoms with Gasteiger partial charge in [-0.2, -0.15) is 10.2 Å². The Morgan fingerprint density at radius 3 is 2.82 bits per heavy atom. The zero-order chi connectivity index (χ0) is 22.9. The van der Waals surface area contributed by atoms with E-state index in [0.717, 1.165) is 22.3 Å². The third-order valence-electron chi connectivity index (χ3n) is 5.84. The fourth-order valence-electron chi connectivity index (χ4n) is 4.15. The van der Waals surface area contributed by atoms with Crippen molar-refractivity contribution in [1.29, 1.82) is 0 Å². The number of amides is 1. The van der Waals surface area contributed by atoms with E-state index in [1.807, 2.05) is 59.4 Å². The number of anilines is 2. The van der Waals surface area contributed by atoms with E-state index in [0.29, 0.717) is 30.2 Å². The van der Waals surface area contributed by atoms with Gasteiger partial charge in [-0.1, -0.05) is 24.3 Å². The van der Waals surface area contributed by atoms with Crippen molar-refractivity contribution in [3.05, 3.63) is 91.0 Å². The van der Waals surface area contributed by atoms with Crippen LogP contribution in [0.15, 0.2) is 85.5 Å². The number of pyridine rings is 1. The fourth-order valence-corrected chi connectivity index (χ4v) is 4.15. The maximum atomic E-state index is 13.2. The van der Waals surface area contributed by atoms with Crippen molar-refractivity contribution in [2.24, 2.45) is 0 Å². The van der Waals surface area contributed by atoms with Gasteiger partial charge in [0.1, 0.15) is 11.3 Å². The third-order valence-corrected chi connectivity index (χ3v) is 5.84. The zero-order valence-corrected chi connectivity index (χ0v) is 18.1. The van der Waals surface area contributed by atoms with E-state index in [1.54, 1.807) is 18.6 Å². The largest absolute Gasteiger partial charge is 0.477 e. The number of aromatic nitrogens is 5. The van der Waals surface area contributed by atoms with E-state index in [9.17, 15) is 4.79 Å². The van der Waals surface area contributed by atoms with Crippen molar-refractivity contribution in [2.75, 3.05) is 16.8 Å². The third kappa shape index (κ3) is 3.73. The molecule has 1 aliphatic rings. The van der Waals surface area contributed by atoms with Gasteiger partial charge < -0.3 is 15.0 Å². The molecule has 1 atom stereocenters. The predicted octanol–water partition coefficient (Wildman–Crippen LogP) is 3.55. The van der Waals surface area contributed by atoms with Gasteiger partial charge in [-0.25, -0.2) is 9.67 Å². The number of aromatic amines is 1. The van der Waals surface area contributed by atoms with Crippen molar-refractivity contribution >= 4 is 28.3 Å². The summed E-state index contributed by atoms with van der Waals surface area (Å²) in [6, 6.07) is 19.7. The van der Waals surface area contributed by atoms with Crippen LogP contribution < -0.4 is 15.0 Å². The van der Waals surface area contributed by atoms with Crippen LogP contribution in [0.4, 0.5) is 11.5 Å². The molecule has 3 aromatic heterocycles. The van der Waals surface area contributed by atoms with Crippen molar-refractivity contribution in [3.8, 4) is 11.4 Å². The van der Waals surface area contributed by atoms with Crippen molar-refractivity contribution < 1.29 is 9.53 Å². The Labute approximate surface area is 195 Å². The molecule has 4 heterocycles. The van der Waals surface area contributed by atoms with Crippen LogP contribution in [0.2, 0.25) is 0 Å². The van der Waals surface area contributed by atoms with Crippen molar-refractivity contribution in [1.82, 2.24) is 25.0 Å². The Kier molecular flexibility index (Phi) is 4.91. The fraction of sp³-hybridized carbons (Fsp3) is 0.120. The molecule has 5 aromatic rings. The van der Waals surface area contributed by atoms with Gasteiger partial charge in [0.05, 0.1) is 24.1 Å². The second-order valence-corrected chi connectivity index (χ2v) is 8.05. The lowest BCUT2D eigenvalue weighted by Gasteiger charge is -2.35. The molecule has 1 unspecified atom stereocenters. The first-order valence-electron chi connectivity index (χ1n) is 10.9. The highest BCUT2D eigenvalue weighted by atomic mass is 16.5. The molecule has 34 heavy (non-hydrogen) atoms. The first kappa shape index (κ1) is 20.0. The van der Waals surface area contributed by atoms with Crippen LogP contribution in [-0.4, -0.2) is 43.5 Å². The van der Waals surface area contributed by atoms with Crippen LogP contribution in [0.5, 0.6) is 5.75 Å². The average Bonchev–Trinajstić information content (AvgIpc) is 3.57. The molecule has 1 amide bonds. The molecule has 0 spiro atoms. The highest BCUT2D eigenvalue weighted by Crippen LogP contribution is 2.34. The van der Waals surface area contributed by atoms with E-state index >= 15 is 0 Å². The van der Waals surface area contributed by atoms with Gasteiger partial charge in [0, 0.05) is 30.5 Å². The summed E-state index contributed by atoms with van der Waals surface area (Å²) in [5.74, 6) is 0.848. The smallest absolute Gasteiger partial charge is 0.268 e. The molecule has 0 saturated heterocycles. The van der Waals surface area contributed by atoms with E-state index in [1.165, 1.54) is 0 Å². The quantitative estimate of drug-likeness (QED) is 0.424. The molecule has 9 heteroatoms. The number of nitrogens with zero attached hydrogens (tertiary/aromatic N) is 5. The monoisotopic (exact) mass is 451 g/mol. The number of ether oxygens (including phenoxy) is 1. The maximum absolute atomic E-state index is 13.2. The number of nitrogens with one attached hydrogen (secondary N) is 2. The van der Waals surface area contributed by atoms with Gasteiger partial charge in [0.25, 0.3) is 5.91 Å². The molecule has 6 rings (SSSR count). The van der Waals surface area contributed by atoms with Crippen LogP contribution in [-0.2, 0) is 11.3 Å². The van der Waals surface area contributed by atoms with Gasteiger partial charge in [-0.05, 0) is 42.0 Å². The molecule has 168 valence electrons. The van der Waals surface area contributed by atoms with E-state index in [-0.39, 0.29) is 5.91 Å². The lowest BCUT2D eigenvalue weighted by Crippen LogP contribution is -2.46. The summed E-state index contributed by atoms with van der Waals surface area (Å²) < 4.78 is 7.90. The minimum atomic E-state index is -0.696. The van der Waals surface area contributed by atoms with Crippen LogP contribution in [0.1, 0.15) is 5.56 Å². The van der Waals surface area contributed by atoms with E-state index < -0.39 is 6.10 Å². The van der Waals surface area contributed by atoms with Gasteiger partial charge >= 0.3 is 0 Å². The second-order valence-electron chi connectivity index (χ2n) is 8.05. The SMILES string of the molecule is O=C(Nc1nccc2cn[nH]c12)C1CN(Cc2ccc(-n3cccn3)cc2)c2ccccc2O1. The van der Waals surface area contributed by atoms with Gasteiger partial charge in [-0.15, -0.1) is 0 Å². The summed E-state index contributed by atoms with van der Waals surface area (Å²) in [5.41, 5.74) is 3.75. The predicted molar refractivity (Wildman–Crippen MR) is 128 cm³/mol. The normalized spacial score (nSPS) is 15.1. The molecule has 0 saturated carbocycles. The molecular formula is C25H21N7O2. The highest BCUT2D eigenvalue weighted by Gasteiger charge is 2.31.